The molecule has 0 bridgehead atoms. The molecule has 1 rings (SSSR count). The second kappa shape index (κ2) is 32.5. The van der Waals surface area contributed by atoms with Crippen molar-refractivity contribution in [2.75, 3.05) is 13.2 Å². The molecule has 294 valence electrons. The third kappa shape index (κ3) is 24.0. The van der Waals surface area contributed by atoms with E-state index in [4.69, 9.17) is 9.47 Å². The lowest BCUT2D eigenvalue weighted by Crippen LogP contribution is -2.60. The van der Waals surface area contributed by atoms with Gasteiger partial charge in [-0.3, -0.25) is 4.79 Å². The molecule has 9 nitrogen and oxygen atoms in total. The smallest absolute Gasteiger partial charge is 0.220 e. The van der Waals surface area contributed by atoms with E-state index in [-0.39, 0.29) is 12.5 Å². The first-order valence-electron chi connectivity index (χ1n) is 20.0. The molecule has 6 N–H and O–H groups in total. The van der Waals surface area contributed by atoms with Gasteiger partial charge in [0.2, 0.25) is 5.91 Å². The van der Waals surface area contributed by atoms with Gasteiger partial charge in [-0.2, -0.15) is 0 Å². The summed E-state index contributed by atoms with van der Waals surface area (Å²) in [5, 5.41) is 53.9. The lowest BCUT2D eigenvalue weighted by molar-refractivity contribution is -0.302. The van der Waals surface area contributed by atoms with E-state index in [0.29, 0.717) is 6.42 Å². The van der Waals surface area contributed by atoms with Crippen molar-refractivity contribution in [3.8, 4) is 0 Å². The van der Waals surface area contributed by atoms with Crippen LogP contribution in [-0.4, -0.2) is 87.5 Å². The summed E-state index contributed by atoms with van der Waals surface area (Å²) in [7, 11) is 0. The fourth-order valence-corrected chi connectivity index (χ4v) is 5.76. The van der Waals surface area contributed by atoms with E-state index in [2.05, 4.69) is 67.8 Å². The van der Waals surface area contributed by atoms with Gasteiger partial charge in [0.25, 0.3) is 0 Å². The fourth-order valence-electron chi connectivity index (χ4n) is 5.76. The average molecular weight is 720 g/mol. The van der Waals surface area contributed by atoms with Crippen LogP contribution in [0, 0.1) is 0 Å². The molecule has 0 aromatic rings. The highest BCUT2D eigenvalue weighted by Crippen LogP contribution is 2.22. The maximum atomic E-state index is 12.9. The zero-order valence-electron chi connectivity index (χ0n) is 31.8. The molecule has 0 aromatic carbocycles. The van der Waals surface area contributed by atoms with Crippen LogP contribution in [0.1, 0.15) is 142 Å². The lowest BCUT2D eigenvalue weighted by Gasteiger charge is -2.40. The Labute approximate surface area is 309 Å². The van der Waals surface area contributed by atoms with E-state index in [9.17, 15) is 30.3 Å². The second-order valence-electron chi connectivity index (χ2n) is 13.7. The van der Waals surface area contributed by atoms with Gasteiger partial charge in [-0.05, 0) is 70.6 Å². The minimum absolute atomic E-state index is 0.208. The van der Waals surface area contributed by atoms with Crippen LogP contribution in [-0.2, 0) is 14.3 Å². The zero-order chi connectivity index (χ0) is 37.4. The highest BCUT2D eigenvalue weighted by molar-refractivity contribution is 5.76. The van der Waals surface area contributed by atoms with E-state index >= 15 is 0 Å². The number of rotatable bonds is 31. The molecule has 0 spiro atoms. The van der Waals surface area contributed by atoms with Gasteiger partial charge in [0.05, 0.1) is 25.4 Å². The minimum atomic E-state index is -1.58. The van der Waals surface area contributed by atoms with E-state index < -0.39 is 49.5 Å². The van der Waals surface area contributed by atoms with Crippen LogP contribution in [0.25, 0.3) is 0 Å². The fraction of sp³-hybridized carbons (Fsp3) is 0.738. The Morgan fingerprint density at radius 3 is 1.76 bits per heavy atom. The van der Waals surface area contributed by atoms with E-state index in [1.165, 1.54) is 44.9 Å². The van der Waals surface area contributed by atoms with Crippen molar-refractivity contribution in [2.24, 2.45) is 0 Å². The van der Waals surface area contributed by atoms with Crippen molar-refractivity contribution in [2.45, 2.75) is 185 Å². The lowest BCUT2D eigenvalue weighted by atomic mass is 9.99. The second-order valence-corrected chi connectivity index (χ2v) is 13.7. The number of amides is 1. The number of hydrogen-bond acceptors (Lipinski definition) is 8. The first-order valence-corrected chi connectivity index (χ1v) is 20.0. The van der Waals surface area contributed by atoms with Gasteiger partial charge in [0.15, 0.2) is 6.29 Å². The van der Waals surface area contributed by atoms with Gasteiger partial charge >= 0.3 is 0 Å². The number of carbonyl (C=O) groups is 1. The molecule has 0 radical (unpaired) electrons. The molecule has 1 aliphatic rings. The van der Waals surface area contributed by atoms with Gasteiger partial charge < -0.3 is 40.3 Å². The quantitative estimate of drug-likeness (QED) is 0.0249. The molecule has 1 aliphatic heterocycles. The molecule has 1 fully saturated rings. The number of aliphatic hydroxyl groups excluding tert-OH is 5. The molecule has 7 unspecified atom stereocenters. The number of hydrogen-bond donors (Lipinski definition) is 6. The van der Waals surface area contributed by atoms with Crippen molar-refractivity contribution in [1.82, 2.24) is 5.32 Å². The number of allylic oxidation sites excluding steroid dienone is 9. The molecule has 1 heterocycles. The van der Waals surface area contributed by atoms with Crippen molar-refractivity contribution >= 4 is 5.91 Å². The minimum Gasteiger partial charge on any atom is -0.394 e. The summed E-state index contributed by atoms with van der Waals surface area (Å²) in [6.45, 7) is 3.64. The third-order valence-corrected chi connectivity index (χ3v) is 9.07. The van der Waals surface area contributed by atoms with Gasteiger partial charge in [-0.25, -0.2) is 0 Å². The topological polar surface area (TPSA) is 149 Å². The maximum Gasteiger partial charge on any atom is 0.220 e. The Morgan fingerprint density at radius 2 is 1.18 bits per heavy atom. The molecule has 7 atom stereocenters. The average Bonchev–Trinajstić information content (AvgIpc) is 3.13. The summed E-state index contributed by atoms with van der Waals surface area (Å²) in [6, 6.07) is -0.833. The Kier molecular flexibility index (Phi) is 29.9. The van der Waals surface area contributed by atoms with Crippen molar-refractivity contribution in [3.05, 3.63) is 60.8 Å². The van der Waals surface area contributed by atoms with Crippen LogP contribution in [0.4, 0.5) is 0 Å². The molecule has 0 aromatic heterocycles. The first kappa shape index (κ1) is 46.9. The van der Waals surface area contributed by atoms with Crippen LogP contribution < -0.4 is 5.32 Å². The summed E-state index contributed by atoms with van der Waals surface area (Å²) in [5.74, 6) is -0.208. The maximum absolute atomic E-state index is 12.9. The van der Waals surface area contributed by atoms with Gasteiger partial charge in [-0.15, -0.1) is 0 Å². The SMILES string of the molecule is CCCCC/C=C\C=C/CCCCCCCCC(=O)NC(COC1OC(CO)C(O)C(O)C1O)C(O)/C=C/CC/C=C/CC/C=C/CCCCC. The Morgan fingerprint density at radius 1 is 0.667 bits per heavy atom. The van der Waals surface area contributed by atoms with Crippen LogP contribution >= 0.6 is 0 Å². The van der Waals surface area contributed by atoms with E-state index in [1.807, 2.05) is 6.08 Å². The van der Waals surface area contributed by atoms with Crippen molar-refractivity contribution < 1.29 is 39.8 Å². The number of carbonyl (C=O) groups excluding carboxylic acids is 1. The largest absolute Gasteiger partial charge is 0.394 e. The van der Waals surface area contributed by atoms with Gasteiger partial charge in [0.1, 0.15) is 24.4 Å². The zero-order valence-corrected chi connectivity index (χ0v) is 31.8. The van der Waals surface area contributed by atoms with Crippen LogP contribution in [0.5, 0.6) is 0 Å². The normalized spacial score (nSPS) is 22.7. The molecule has 1 amide bonds. The highest BCUT2D eigenvalue weighted by atomic mass is 16.7. The summed E-state index contributed by atoms with van der Waals surface area (Å²) >= 11 is 0. The predicted octanol–water partition coefficient (Wildman–Crippen LogP) is 7.27. The molecule has 0 saturated carbocycles. The van der Waals surface area contributed by atoms with Gasteiger partial charge in [-0.1, -0.05) is 126 Å². The Hall–Kier alpha value is -2.11. The van der Waals surface area contributed by atoms with Crippen LogP contribution in [0.2, 0.25) is 0 Å². The predicted molar refractivity (Wildman–Crippen MR) is 207 cm³/mol. The number of nitrogens with one attached hydrogen (secondary N) is 1. The third-order valence-electron chi connectivity index (χ3n) is 9.07. The number of aliphatic hydroxyl groups is 5. The number of unbranched alkanes of at least 4 members (excludes halogenated alkanes) is 14. The molecule has 9 heteroatoms. The Bertz CT molecular complexity index is 978. The molecular formula is C42H73NO8. The summed E-state index contributed by atoms with van der Waals surface area (Å²) < 4.78 is 11.1. The number of ether oxygens (including phenoxy) is 2. The molecule has 51 heavy (non-hydrogen) atoms. The highest BCUT2D eigenvalue weighted by Gasteiger charge is 2.44. The van der Waals surface area contributed by atoms with Gasteiger partial charge in [0, 0.05) is 6.42 Å². The van der Waals surface area contributed by atoms with E-state index in [0.717, 1.165) is 77.0 Å². The first-order chi connectivity index (χ1) is 24.8. The van der Waals surface area contributed by atoms with Crippen LogP contribution in [0.15, 0.2) is 60.8 Å². The summed E-state index contributed by atoms with van der Waals surface area (Å²) in [6.07, 6.45) is 34.0. The van der Waals surface area contributed by atoms with Crippen LogP contribution in [0.3, 0.4) is 0 Å². The molecular weight excluding hydrogens is 646 g/mol. The standard InChI is InChI=1S/C42H73NO8/c1-3-5-7-9-11-13-15-17-18-20-22-24-26-28-30-32-38(46)43-35(34-50-42-41(49)40(48)39(47)37(33-44)51-42)36(45)31-29-27-25-23-21-19-16-14-12-10-8-6-4-2/h11-15,17,21,23,29,31,35-37,39-42,44-45,47-49H,3-10,16,18-20,22,24-28,30,32-34H2,1-2H3,(H,43,46)/b13-11-,14-12+,17-15-,23-21+,31-29+. The summed E-state index contributed by atoms with van der Waals surface area (Å²) in [5.41, 5.74) is 0. The van der Waals surface area contributed by atoms with E-state index in [1.54, 1.807) is 6.08 Å². The monoisotopic (exact) mass is 720 g/mol. The van der Waals surface area contributed by atoms with Crippen molar-refractivity contribution in [3.63, 3.8) is 0 Å². The van der Waals surface area contributed by atoms with Crippen molar-refractivity contribution in [1.29, 1.82) is 0 Å². The Balaban J connectivity index is 2.49. The molecule has 1 saturated heterocycles. The summed E-state index contributed by atoms with van der Waals surface area (Å²) in [4.78, 5) is 12.9. The molecule has 0 aliphatic carbocycles.